The molecule has 0 spiro atoms. The maximum atomic E-state index is 5.11. The zero-order valence-corrected chi connectivity index (χ0v) is 21.4. The van der Waals surface area contributed by atoms with E-state index in [0.29, 0.717) is 22.8 Å². The highest BCUT2D eigenvalue weighted by molar-refractivity contribution is 6.21. The Balaban J connectivity index is 1.34. The van der Waals surface area contributed by atoms with Crippen LogP contribution in [0.1, 0.15) is 22.5 Å². The van der Waals surface area contributed by atoms with Crippen molar-refractivity contribution in [1.82, 2.24) is 19.9 Å². The smallest absolute Gasteiger partial charge is 0.0989 e. The quantitative estimate of drug-likeness (QED) is 0.248. The van der Waals surface area contributed by atoms with Crippen LogP contribution in [0, 0.1) is 0 Å². The van der Waals surface area contributed by atoms with Crippen molar-refractivity contribution in [2.45, 2.75) is 0 Å². The van der Waals surface area contributed by atoms with E-state index < -0.39 is 0 Å². The van der Waals surface area contributed by atoms with Gasteiger partial charge in [-0.05, 0) is 35.4 Å². The monoisotopic (exact) mass is 514 g/mol. The standard InChI is InChI=1S/C34H22N6/c1-3-7-23(8-4-1)25-11-13-29(37-19-25)33-27-15-17-35-21-31(27)40-34(28-16-18-36-22-32(28)39-33)30-14-12-26(20-38-30)24-9-5-2-6-10-24/h1-22H. The third-order valence-electron chi connectivity index (χ3n) is 6.80. The third kappa shape index (κ3) is 4.48. The van der Waals surface area contributed by atoms with Crippen LogP contribution in [0.15, 0.2) is 144 Å². The van der Waals surface area contributed by atoms with E-state index in [1.54, 1.807) is 24.8 Å². The van der Waals surface area contributed by atoms with E-state index in [1.165, 1.54) is 0 Å². The molecule has 7 rings (SSSR count). The van der Waals surface area contributed by atoms with E-state index >= 15 is 0 Å². The lowest BCUT2D eigenvalue weighted by molar-refractivity contribution is 1.22. The minimum absolute atomic E-state index is 0.696. The van der Waals surface area contributed by atoms with E-state index in [2.05, 4.69) is 46.4 Å². The molecule has 0 saturated carbocycles. The maximum Gasteiger partial charge on any atom is 0.0989 e. The zero-order chi connectivity index (χ0) is 26.7. The van der Waals surface area contributed by atoms with Crippen LogP contribution in [-0.2, 0) is 0 Å². The van der Waals surface area contributed by atoms with Gasteiger partial charge in [-0.3, -0.25) is 19.9 Å². The molecule has 2 aromatic carbocycles. The summed E-state index contributed by atoms with van der Waals surface area (Å²) in [5, 5.41) is 0. The van der Waals surface area contributed by atoms with Crippen LogP contribution in [0.3, 0.4) is 0 Å². The van der Waals surface area contributed by atoms with Gasteiger partial charge in [-0.1, -0.05) is 72.8 Å². The summed E-state index contributed by atoms with van der Waals surface area (Å²) < 4.78 is 0. The Bertz CT molecular complexity index is 1720. The fraction of sp³-hybridized carbons (Fsp3) is 0. The van der Waals surface area contributed by atoms with Gasteiger partial charge in [0.05, 0.1) is 46.6 Å². The van der Waals surface area contributed by atoms with Crippen molar-refractivity contribution in [3.05, 3.63) is 157 Å². The number of fused-ring (bicyclic) bond motifs is 2. The average Bonchev–Trinajstić information content (AvgIpc) is 3.03. The van der Waals surface area contributed by atoms with Gasteiger partial charge in [-0.2, -0.15) is 0 Å². The van der Waals surface area contributed by atoms with Crippen molar-refractivity contribution in [2.75, 3.05) is 0 Å². The minimum atomic E-state index is 0.696. The predicted octanol–water partition coefficient (Wildman–Crippen LogP) is 7.25. The second-order valence-corrected chi connectivity index (χ2v) is 9.30. The number of aliphatic imine (C=N–C) groups is 2. The Labute approximate surface area is 231 Å². The highest BCUT2D eigenvalue weighted by Crippen LogP contribution is 2.32. The molecule has 0 amide bonds. The number of aromatic nitrogens is 4. The van der Waals surface area contributed by atoms with Crippen molar-refractivity contribution >= 4 is 22.8 Å². The van der Waals surface area contributed by atoms with E-state index in [0.717, 1.165) is 44.8 Å². The molecule has 5 heterocycles. The number of rotatable bonds is 4. The molecule has 0 atom stereocenters. The Kier molecular flexibility index (Phi) is 6.03. The molecule has 0 fully saturated rings. The molecule has 6 heteroatoms. The molecular weight excluding hydrogens is 492 g/mol. The molecule has 4 aromatic heterocycles. The van der Waals surface area contributed by atoms with Crippen molar-refractivity contribution in [3.8, 4) is 22.3 Å². The molecule has 0 radical (unpaired) electrons. The zero-order valence-electron chi connectivity index (χ0n) is 21.4. The molecule has 0 aliphatic carbocycles. The van der Waals surface area contributed by atoms with E-state index in [9.17, 15) is 0 Å². The highest BCUT2D eigenvalue weighted by atomic mass is 14.9. The van der Waals surface area contributed by atoms with E-state index in [4.69, 9.17) is 20.0 Å². The van der Waals surface area contributed by atoms with Crippen LogP contribution < -0.4 is 0 Å². The lowest BCUT2D eigenvalue weighted by Gasteiger charge is -2.17. The summed E-state index contributed by atoms with van der Waals surface area (Å²) in [6.07, 6.45) is 10.8. The Morgan fingerprint density at radius 3 is 1.23 bits per heavy atom. The molecule has 0 N–H and O–H groups in total. The Morgan fingerprint density at radius 2 is 0.825 bits per heavy atom. The van der Waals surface area contributed by atoms with Crippen molar-refractivity contribution in [1.29, 1.82) is 0 Å². The number of hydrogen-bond donors (Lipinski definition) is 0. The lowest BCUT2D eigenvalue weighted by Crippen LogP contribution is -2.12. The number of benzene rings is 2. The van der Waals surface area contributed by atoms with Gasteiger partial charge in [0.25, 0.3) is 0 Å². The summed E-state index contributed by atoms with van der Waals surface area (Å²) in [5.74, 6) is 0. The molecule has 1 aliphatic rings. The van der Waals surface area contributed by atoms with Crippen LogP contribution in [-0.4, -0.2) is 31.4 Å². The van der Waals surface area contributed by atoms with Crippen molar-refractivity contribution in [2.24, 2.45) is 9.98 Å². The maximum absolute atomic E-state index is 5.11. The highest BCUT2D eigenvalue weighted by Gasteiger charge is 2.21. The van der Waals surface area contributed by atoms with Gasteiger partial charge in [-0.25, -0.2) is 9.98 Å². The van der Waals surface area contributed by atoms with E-state index in [1.807, 2.05) is 73.1 Å². The van der Waals surface area contributed by atoms with Gasteiger partial charge in [0.1, 0.15) is 0 Å². The van der Waals surface area contributed by atoms with Crippen LogP contribution in [0.2, 0.25) is 0 Å². The molecule has 40 heavy (non-hydrogen) atoms. The number of pyridine rings is 4. The summed E-state index contributed by atoms with van der Waals surface area (Å²) >= 11 is 0. The van der Waals surface area contributed by atoms with Crippen LogP contribution in [0.4, 0.5) is 11.4 Å². The molecule has 6 aromatic rings. The van der Waals surface area contributed by atoms with Crippen LogP contribution in [0.5, 0.6) is 0 Å². The molecule has 0 bridgehead atoms. The van der Waals surface area contributed by atoms with Gasteiger partial charge in [-0.15, -0.1) is 0 Å². The SMILES string of the molecule is c1ccc(-c2ccc(C3=Nc4cnccc4C(c4ccc(-c5ccccc5)cn4)=Nc4cnccc43)nc2)cc1. The Morgan fingerprint density at radius 1 is 0.375 bits per heavy atom. The van der Waals surface area contributed by atoms with Gasteiger partial charge >= 0.3 is 0 Å². The minimum Gasteiger partial charge on any atom is -0.262 e. The molecule has 0 saturated heterocycles. The number of nitrogens with zero attached hydrogens (tertiary/aromatic N) is 6. The fourth-order valence-corrected chi connectivity index (χ4v) is 4.77. The van der Waals surface area contributed by atoms with Gasteiger partial charge in [0.2, 0.25) is 0 Å². The molecular formula is C34H22N6. The second kappa shape index (κ2) is 10.3. The molecule has 0 unspecified atom stereocenters. The van der Waals surface area contributed by atoms with E-state index in [-0.39, 0.29) is 0 Å². The topological polar surface area (TPSA) is 76.3 Å². The van der Waals surface area contributed by atoms with Gasteiger partial charge in [0, 0.05) is 47.0 Å². The van der Waals surface area contributed by atoms with Crippen LogP contribution >= 0.6 is 0 Å². The van der Waals surface area contributed by atoms with Crippen LogP contribution in [0.25, 0.3) is 22.3 Å². The lowest BCUT2D eigenvalue weighted by atomic mass is 10.00. The molecule has 188 valence electrons. The largest absolute Gasteiger partial charge is 0.262 e. The summed E-state index contributed by atoms with van der Waals surface area (Å²) in [6.45, 7) is 0. The summed E-state index contributed by atoms with van der Waals surface area (Å²) in [7, 11) is 0. The first kappa shape index (κ1) is 23.5. The third-order valence-corrected chi connectivity index (χ3v) is 6.80. The summed E-state index contributed by atoms with van der Waals surface area (Å²) in [4.78, 5) is 28.6. The summed E-state index contributed by atoms with van der Waals surface area (Å²) in [6, 6.07) is 32.4. The molecule has 6 nitrogen and oxygen atoms in total. The van der Waals surface area contributed by atoms with Crippen molar-refractivity contribution in [3.63, 3.8) is 0 Å². The fourth-order valence-electron chi connectivity index (χ4n) is 4.77. The first-order valence-electron chi connectivity index (χ1n) is 12.9. The van der Waals surface area contributed by atoms with Gasteiger partial charge in [0.15, 0.2) is 0 Å². The Hall–Kier alpha value is -5.62. The van der Waals surface area contributed by atoms with Crippen molar-refractivity contribution < 1.29 is 0 Å². The molecule has 1 aliphatic heterocycles. The van der Waals surface area contributed by atoms with Gasteiger partial charge < -0.3 is 0 Å². The predicted molar refractivity (Wildman–Crippen MR) is 158 cm³/mol. The normalized spacial score (nSPS) is 12.3. The number of hydrogen-bond acceptors (Lipinski definition) is 6. The average molecular weight is 515 g/mol. The first-order chi connectivity index (χ1) is 19.8. The first-order valence-corrected chi connectivity index (χ1v) is 12.9. The second-order valence-electron chi connectivity index (χ2n) is 9.30. The summed E-state index contributed by atoms with van der Waals surface area (Å²) in [5.41, 5.74) is 10.3.